The molecule has 0 saturated carbocycles. The highest BCUT2D eigenvalue weighted by Crippen LogP contribution is 2.01. The molecule has 0 N–H and O–H groups in total. The van der Waals surface area contributed by atoms with Crippen LogP contribution in [0.15, 0.2) is 0 Å². The third-order valence-electron chi connectivity index (χ3n) is 12.5. The molecule has 0 aromatic rings. The van der Waals surface area contributed by atoms with Crippen LogP contribution in [-0.2, 0) is 75.8 Å². The van der Waals surface area contributed by atoms with Crippen molar-refractivity contribution in [2.24, 2.45) is 0 Å². The van der Waals surface area contributed by atoms with Crippen molar-refractivity contribution in [1.29, 1.82) is 0 Å². The second kappa shape index (κ2) is 48.5. The number of ether oxygens (including phenoxy) is 16. The maximum absolute atomic E-state index is 5.80. The van der Waals surface area contributed by atoms with Gasteiger partial charge in [0.05, 0.1) is 211 Å². The van der Waals surface area contributed by atoms with Crippen molar-refractivity contribution in [3.8, 4) is 0 Å². The van der Waals surface area contributed by atoms with Gasteiger partial charge in [0.15, 0.2) is 0 Å². The van der Waals surface area contributed by atoms with Gasteiger partial charge in [0.2, 0.25) is 0 Å². The Labute approximate surface area is 433 Å². The highest BCUT2D eigenvalue weighted by molar-refractivity contribution is 4.65. The SMILES string of the molecule is C1CN2CCOCCN(CCO1)CCOCC2.C1COCCN2CCOCCOCCN(CCO1)CCOCC2.C1COCCN2CCOCCOCCOCCN(CCOCCO1)CCOCCOCC2. The van der Waals surface area contributed by atoms with Crippen molar-refractivity contribution in [2.75, 3.05) is 329 Å². The van der Waals surface area contributed by atoms with Gasteiger partial charge in [0.25, 0.3) is 0 Å². The molecular weight excluding hydrogens is 941 g/mol. The van der Waals surface area contributed by atoms with Crippen molar-refractivity contribution in [2.45, 2.75) is 0 Å². The second-order valence-electron chi connectivity index (χ2n) is 17.8. The Morgan fingerprint density at radius 2 is 0.167 bits per heavy atom. The zero-order valence-corrected chi connectivity index (χ0v) is 44.6. The van der Waals surface area contributed by atoms with Gasteiger partial charge in [-0.3, -0.25) is 29.4 Å². The molecule has 0 atom stereocenters. The van der Waals surface area contributed by atoms with E-state index in [0.29, 0.717) is 132 Å². The topological polar surface area (TPSA) is 167 Å². The van der Waals surface area contributed by atoms with Crippen molar-refractivity contribution < 1.29 is 75.8 Å². The summed E-state index contributed by atoms with van der Waals surface area (Å²) in [6, 6.07) is 0. The van der Waals surface area contributed by atoms with Gasteiger partial charge in [-0.05, 0) is 0 Å². The molecule has 0 amide bonds. The lowest BCUT2D eigenvalue weighted by Crippen LogP contribution is -2.40. The van der Waals surface area contributed by atoms with Crippen molar-refractivity contribution in [3.05, 3.63) is 0 Å². The minimum absolute atomic E-state index is 0.580. The van der Waals surface area contributed by atoms with E-state index in [2.05, 4.69) is 29.4 Å². The number of nitrogens with zero attached hydrogens (tertiary/aromatic N) is 6. The van der Waals surface area contributed by atoms with Crippen LogP contribution in [0.2, 0.25) is 0 Å². The van der Waals surface area contributed by atoms with Crippen LogP contribution in [-0.4, -0.2) is 359 Å². The second-order valence-corrected chi connectivity index (χ2v) is 17.8. The van der Waals surface area contributed by atoms with Crippen molar-refractivity contribution in [1.82, 2.24) is 29.4 Å². The smallest absolute Gasteiger partial charge is 0.0701 e. The first-order valence-electron chi connectivity index (χ1n) is 27.4. The van der Waals surface area contributed by atoms with E-state index in [4.69, 9.17) is 75.8 Å². The Morgan fingerprint density at radius 1 is 0.0972 bits per heavy atom. The van der Waals surface area contributed by atoms with E-state index in [9.17, 15) is 0 Å². The lowest BCUT2D eigenvalue weighted by atomic mass is 10.4. The van der Waals surface area contributed by atoms with Gasteiger partial charge in [-0.1, -0.05) is 0 Å². The van der Waals surface area contributed by atoms with Gasteiger partial charge in [0.1, 0.15) is 0 Å². The minimum atomic E-state index is 0.580. The van der Waals surface area contributed by atoms with E-state index in [1.54, 1.807) is 0 Å². The van der Waals surface area contributed by atoms with Crippen LogP contribution in [0.5, 0.6) is 0 Å². The van der Waals surface area contributed by atoms with Gasteiger partial charge < -0.3 is 75.8 Å². The van der Waals surface area contributed by atoms with Crippen molar-refractivity contribution >= 4 is 0 Å². The number of rotatable bonds is 0. The highest BCUT2D eigenvalue weighted by atomic mass is 16.6. The molecule has 426 valence electrons. The molecular formula is C50H100N6O16. The molecule has 22 heteroatoms. The average Bonchev–Trinajstić information content (AvgIpc) is 3.39. The van der Waals surface area contributed by atoms with Crippen LogP contribution in [0.3, 0.4) is 0 Å². The van der Waals surface area contributed by atoms with E-state index in [1.165, 1.54) is 0 Å². The van der Waals surface area contributed by atoms with Crippen LogP contribution < -0.4 is 0 Å². The number of hydrogen-bond donors (Lipinski definition) is 0. The Morgan fingerprint density at radius 3 is 0.264 bits per heavy atom. The van der Waals surface area contributed by atoms with E-state index < -0.39 is 0 Å². The van der Waals surface area contributed by atoms with E-state index in [-0.39, 0.29) is 0 Å². The number of fused-ring (bicyclic) bond motifs is 27. The molecule has 0 aromatic heterocycles. The monoisotopic (exact) mass is 1040 g/mol. The molecule has 72 heavy (non-hydrogen) atoms. The zero-order valence-electron chi connectivity index (χ0n) is 44.6. The summed E-state index contributed by atoms with van der Waals surface area (Å²) in [7, 11) is 0. The summed E-state index contributed by atoms with van der Waals surface area (Å²) in [5, 5.41) is 0. The molecule has 0 radical (unpaired) electrons. The quantitative estimate of drug-likeness (QED) is 0.274. The van der Waals surface area contributed by atoms with Gasteiger partial charge >= 0.3 is 0 Å². The molecule has 7 fully saturated rings. The molecule has 0 unspecified atom stereocenters. The predicted octanol–water partition coefficient (Wildman–Crippen LogP) is -0.882. The molecule has 6 bridgehead atoms. The maximum atomic E-state index is 5.80. The van der Waals surface area contributed by atoms with Gasteiger partial charge in [0, 0.05) is 118 Å². The standard InChI is InChI=1S/C22H44N2O8.C16H32N2O5.C12H24N2O3/c1-7-25-13-14-26-8-2-24-5-11-29-17-21-31-19-15-27-9-3-23(1)4-10-28-16-20-32-22-18-30-12-6-24;1-7-19-8-2-18-5-11-22-15-13-20-9-3-17(1)4-10-21-14-16-23-12-6-18;1-7-15-10-4-14-5-11-16-8-2-13(1)3-9-17-12-6-14/h1-22H2;1-16H2;1-12H2. The first-order valence-corrected chi connectivity index (χ1v) is 27.4. The van der Waals surface area contributed by atoms with Crippen LogP contribution in [0.1, 0.15) is 0 Å². The highest BCUT2D eigenvalue weighted by Gasteiger charge is 2.14. The van der Waals surface area contributed by atoms with Gasteiger partial charge in [-0.25, -0.2) is 0 Å². The lowest BCUT2D eigenvalue weighted by molar-refractivity contribution is -0.00747. The molecule has 0 aliphatic carbocycles. The fraction of sp³-hybridized carbons (Fsp3) is 1.00. The average molecular weight is 1040 g/mol. The predicted molar refractivity (Wildman–Crippen MR) is 272 cm³/mol. The van der Waals surface area contributed by atoms with Crippen LogP contribution in [0.25, 0.3) is 0 Å². The molecule has 7 saturated heterocycles. The summed E-state index contributed by atoms with van der Waals surface area (Å²) in [4.78, 5) is 14.0. The summed E-state index contributed by atoms with van der Waals surface area (Å²) in [5.74, 6) is 0. The van der Waals surface area contributed by atoms with Crippen LogP contribution >= 0.6 is 0 Å². The Kier molecular flexibility index (Phi) is 42.9. The molecule has 7 aliphatic heterocycles. The summed E-state index contributed by atoms with van der Waals surface area (Å²) < 4.78 is 91.0. The first-order chi connectivity index (χ1) is 35.8. The third kappa shape index (κ3) is 37.8. The van der Waals surface area contributed by atoms with Crippen LogP contribution in [0, 0.1) is 0 Å². The summed E-state index contributed by atoms with van der Waals surface area (Å²) in [6.45, 7) is 38.0. The fourth-order valence-electron chi connectivity index (χ4n) is 7.96. The lowest BCUT2D eigenvalue weighted by Gasteiger charge is -2.27. The molecule has 22 nitrogen and oxygen atoms in total. The zero-order chi connectivity index (χ0) is 50.1. The Hall–Kier alpha value is -0.880. The third-order valence-corrected chi connectivity index (χ3v) is 12.5. The Bertz CT molecular complexity index is 999. The summed E-state index contributed by atoms with van der Waals surface area (Å²) in [6.07, 6.45) is 0. The Balaban J connectivity index is 0.000000246. The minimum Gasteiger partial charge on any atom is -0.379 e. The van der Waals surface area contributed by atoms with Gasteiger partial charge in [-0.15, -0.1) is 0 Å². The summed E-state index contributed by atoms with van der Waals surface area (Å²) >= 11 is 0. The van der Waals surface area contributed by atoms with Gasteiger partial charge in [-0.2, -0.15) is 0 Å². The molecule has 0 spiro atoms. The van der Waals surface area contributed by atoms with E-state index in [1.807, 2.05) is 0 Å². The fourth-order valence-corrected chi connectivity index (χ4v) is 7.96. The number of hydrogen-bond acceptors (Lipinski definition) is 22. The normalized spacial score (nSPS) is 31.0. The van der Waals surface area contributed by atoms with E-state index >= 15 is 0 Å². The summed E-state index contributed by atoms with van der Waals surface area (Å²) in [5.41, 5.74) is 0. The molecule has 7 rings (SSSR count). The van der Waals surface area contributed by atoms with Crippen molar-refractivity contribution in [3.63, 3.8) is 0 Å². The molecule has 7 heterocycles. The first kappa shape index (κ1) is 63.7. The molecule has 0 aromatic carbocycles. The molecule has 7 aliphatic rings. The largest absolute Gasteiger partial charge is 0.379 e. The van der Waals surface area contributed by atoms with Crippen LogP contribution in [0.4, 0.5) is 0 Å². The maximum Gasteiger partial charge on any atom is 0.0701 e. The van der Waals surface area contributed by atoms with E-state index in [0.717, 1.165) is 197 Å².